The summed E-state index contributed by atoms with van der Waals surface area (Å²) in [5.74, 6) is 0.272. The van der Waals surface area contributed by atoms with Gasteiger partial charge >= 0.3 is 5.69 Å². The molecule has 0 saturated carbocycles. The molecule has 24 heavy (non-hydrogen) atoms. The second kappa shape index (κ2) is 6.76. The Morgan fingerprint density at radius 1 is 1.25 bits per heavy atom. The van der Waals surface area contributed by atoms with Crippen LogP contribution in [0.2, 0.25) is 0 Å². The average Bonchev–Trinajstić information content (AvgIpc) is 3.02. The van der Waals surface area contributed by atoms with Gasteiger partial charge in [-0.15, -0.1) is 11.3 Å². The highest BCUT2D eigenvalue weighted by Crippen LogP contribution is 2.27. The number of rotatable bonds is 5. The van der Waals surface area contributed by atoms with Gasteiger partial charge in [-0.1, -0.05) is 24.3 Å². The molecule has 2 heterocycles. The zero-order valence-corrected chi connectivity index (χ0v) is 14.1. The highest BCUT2D eigenvalue weighted by molar-refractivity contribution is 7.09. The van der Waals surface area contributed by atoms with Gasteiger partial charge in [-0.25, -0.2) is 9.97 Å². The van der Waals surface area contributed by atoms with Gasteiger partial charge < -0.3 is 5.32 Å². The predicted molar refractivity (Wildman–Crippen MR) is 95.2 cm³/mol. The molecule has 3 aromatic rings. The molecule has 0 spiro atoms. The molecule has 0 fully saturated rings. The summed E-state index contributed by atoms with van der Waals surface area (Å²) in [4.78, 5) is 19.2. The largest absolute Gasteiger partial charge is 0.358 e. The van der Waals surface area contributed by atoms with Crippen LogP contribution in [0.15, 0.2) is 48.0 Å². The fraction of sp³-hybridized carbons (Fsp3) is 0.176. The first-order chi connectivity index (χ1) is 11.5. The van der Waals surface area contributed by atoms with E-state index in [1.165, 1.54) is 12.3 Å². The molecule has 1 aromatic carbocycles. The van der Waals surface area contributed by atoms with E-state index in [0.717, 1.165) is 21.8 Å². The minimum absolute atomic E-state index is 0.0288. The quantitative estimate of drug-likeness (QED) is 0.542. The van der Waals surface area contributed by atoms with Gasteiger partial charge in [0.25, 0.3) is 0 Å². The number of hydrogen-bond acceptors (Lipinski definition) is 6. The van der Waals surface area contributed by atoms with Crippen molar-refractivity contribution in [2.75, 3.05) is 5.32 Å². The Kier molecular flexibility index (Phi) is 4.52. The van der Waals surface area contributed by atoms with Crippen LogP contribution < -0.4 is 5.32 Å². The van der Waals surface area contributed by atoms with Crippen LogP contribution in [0.25, 0.3) is 11.3 Å². The summed E-state index contributed by atoms with van der Waals surface area (Å²) in [6, 6.07) is 10.9. The number of pyridine rings is 1. The third-order valence-electron chi connectivity index (χ3n) is 3.66. The fourth-order valence-electron chi connectivity index (χ4n) is 2.38. The van der Waals surface area contributed by atoms with E-state index in [9.17, 15) is 10.1 Å². The monoisotopic (exact) mass is 340 g/mol. The van der Waals surface area contributed by atoms with Crippen LogP contribution in [-0.2, 0) is 0 Å². The van der Waals surface area contributed by atoms with Crippen molar-refractivity contribution in [3.05, 3.63) is 68.7 Å². The van der Waals surface area contributed by atoms with Gasteiger partial charge in [0.05, 0.1) is 21.7 Å². The Morgan fingerprint density at radius 2 is 2.00 bits per heavy atom. The second-order valence-electron chi connectivity index (χ2n) is 5.37. The van der Waals surface area contributed by atoms with Gasteiger partial charge in [0, 0.05) is 23.2 Å². The highest BCUT2D eigenvalue weighted by atomic mass is 32.1. The van der Waals surface area contributed by atoms with Crippen molar-refractivity contribution in [2.24, 2.45) is 0 Å². The second-order valence-corrected chi connectivity index (χ2v) is 6.43. The molecule has 0 amide bonds. The molecule has 0 saturated heterocycles. The van der Waals surface area contributed by atoms with Crippen LogP contribution in [0.4, 0.5) is 11.5 Å². The molecule has 0 bridgehead atoms. The number of aromatic nitrogens is 2. The molecule has 3 rings (SSSR count). The van der Waals surface area contributed by atoms with Crippen LogP contribution >= 0.6 is 11.3 Å². The summed E-state index contributed by atoms with van der Waals surface area (Å²) in [5.41, 5.74) is 3.01. The SMILES string of the molecule is Cc1nc(-c2ccc([C@@H](C)Nc3ncccc3[N+](=O)[O-])cc2)cs1. The van der Waals surface area contributed by atoms with E-state index in [1.807, 2.05) is 43.5 Å². The third-order valence-corrected chi connectivity index (χ3v) is 4.44. The summed E-state index contributed by atoms with van der Waals surface area (Å²) in [7, 11) is 0. The fourth-order valence-corrected chi connectivity index (χ4v) is 3.00. The lowest BCUT2D eigenvalue weighted by atomic mass is 10.0. The molecule has 1 atom stereocenters. The molecule has 2 aromatic heterocycles. The molecule has 122 valence electrons. The van der Waals surface area contributed by atoms with Crippen molar-refractivity contribution >= 4 is 22.8 Å². The smallest absolute Gasteiger partial charge is 0.311 e. The van der Waals surface area contributed by atoms with Crippen molar-refractivity contribution < 1.29 is 4.92 Å². The molecule has 6 nitrogen and oxygen atoms in total. The van der Waals surface area contributed by atoms with Gasteiger partial charge in [-0.3, -0.25) is 10.1 Å². The van der Waals surface area contributed by atoms with Gasteiger partial charge in [-0.05, 0) is 25.5 Å². The molecule has 0 unspecified atom stereocenters. The Morgan fingerprint density at radius 3 is 2.62 bits per heavy atom. The lowest BCUT2D eigenvalue weighted by Gasteiger charge is -2.15. The number of benzene rings is 1. The van der Waals surface area contributed by atoms with Gasteiger partial charge in [0.2, 0.25) is 5.82 Å². The van der Waals surface area contributed by atoms with E-state index < -0.39 is 4.92 Å². The summed E-state index contributed by atoms with van der Waals surface area (Å²) >= 11 is 1.62. The number of anilines is 1. The van der Waals surface area contributed by atoms with E-state index in [2.05, 4.69) is 15.3 Å². The number of aryl methyl sites for hydroxylation is 1. The molecule has 0 aliphatic carbocycles. The van der Waals surface area contributed by atoms with Gasteiger partial charge in [0.1, 0.15) is 0 Å². The number of nitro groups is 1. The molecule has 0 aliphatic rings. The minimum atomic E-state index is -0.435. The van der Waals surface area contributed by atoms with Crippen LogP contribution in [0.1, 0.15) is 23.5 Å². The molecular weight excluding hydrogens is 324 g/mol. The topological polar surface area (TPSA) is 81.0 Å². The summed E-state index contributed by atoms with van der Waals surface area (Å²) in [6.07, 6.45) is 1.54. The van der Waals surface area contributed by atoms with Crippen molar-refractivity contribution in [2.45, 2.75) is 19.9 Å². The van der Waals surface area contributed by atoms with Crippen LogP contribution in [0.3, 0.4) is 0 Å². The van der Waals surface area contributed by atoms with E-state index in [1.54, 1.807) is 17.4 Å². The highest BCUT2D eigenvalue weighted by Gasteiger charge is 2.16. The zero-order valence-electron chi connectivity index (χ0n) is 13.3. The summed E-state index contributed by atoms with van der Waals surface area (Å²) < 4.78 is 0. The lowest BCUT2D eigenvalue weighted by Crippen LogP contribution is -2.09. The van der Waals surface area contributed by atoms with Crippen molar-refractivity contribution in [3.8, 4) is 11.3 Å². The molecular formula is C17H16N4O2S. The van der Waals surface area contributed by atoms with E-state index in [-0.39, 0.29) is 17.5 Å². The van der Waals surface area contributed by atoms with Crippen LogP contribution in [0.5, 0.6) is 0 Å². The Balaban J connectivity index is 1.78. The van der Waals surface area contributed by atoms with E-state index >= 15 is 0 Å². The summed E-state index contributed by atoms with van der Waals surface area (Å²) in [6.45, 7) is 3.93. The number of thiazole rings is 1. The predicted octanol–water partition coefficient (Wildman–Crippen LogP) is 4.59. The maximum atomic E-state index is 11.1. The van der Waals surface area contributed by atoms with Crippen molar-refractivity contribution in [1.29, 1.82) is 0 Å². The molecule has 0 aliphatic heterocycles. The first-order valence-corrected chi connectivity index (χ1v) is 8.31. The first-order valence-electron chi connectivity index (χ1n) is 7.43. The number of nitrogens with zero attached hydrogens (tertiary/aromatic N) is 3. The lowest BCUT2D eigenvalue weighted by molar-refractivity contribution is -0.384. The maximum absolute atomic E-state index is 11.1. The van der Waals surface area contributed by atoms with Crippen LogP contribution in [0, 0.1) is 17.0 Å². The Bertz CT molecular complexity index is 861. The van der Waals surface area contributed by atoms with E-state index in [4.69, 9.17) is 0 Å². The standard InChI is InChI=1S/C17H16N4O2S/c1-11(19-17-16(21(22)23)4-3-9-18-17)13-5-7-14(8-6-13)15-10-24-12(2)20-15/h3-11H,1-2H3,(H,18,19)/t11-/m1/s1. The molecule has 1 N–H and O–H groups in total. The van der Waals surface area contributed by atoms with Crippen molar-refractivity contribution in [1.82, 2.24) is 9.97 Å². The maximum Gasteiger partial charge on any atom is 0.311 e. The molecule has 7 heteroatoms. The Hall–Kier alpha value is -2.80. The first kappa shape index (κ1) is 16.1. The number of hydrogen-bond donors (Lipinski definition) is 1. The van der Waals surface area contributed by atoms with Crippen molar-refractivity contribution in [3.63, 3.8) is 0 Å². The Labute approximate surface area is 143 Å². The van der Waals surface area contributed by atoms with E-state index in [0.29, 0.717) is 0 Å². The zero-order chi connectivity index (χ0) is 17.1. The third kappa shape index (κ3) is 3.41. The molecule has 0 radical (unpaired) electrons. The van der Waals surface area contributed by atoms with Gasteiger partial charge in [-0.2, -0.15) is 0 Å². The number of nitrogens with one attached hydrogen (secondary N) is 1. The van der Waals surface area contributed by atoms with Crippen LogP contribution in [-0.4, -0.2) is 14.9 Å². The normalized spacial score (nSPS) is 11.9. The minimum Gasteiger partial charge on any atom is -0.358 e. The average molecular weight is 340 g/mol. The summed E-state index contributed by atoms with van der Waals surface area (Å²) in [5, 5.41) is 17.2. The van der Waals surface area contributed by atoms with Gasteiger partial charge in [0.15, 0.2) is 0 Å².